The fourth-order valence-corrected chi connectivity index (χ4v) is 2.31. The molecule has 0 aliphatic carbocycles. The van der Waals surface area contributed by atoms with E-state index in [1.54, 1.807) is 0 Å². The van der Waals surface area contributed by atoms with Crippen molar-refractivity contribution in [2.45, 2.75) is 96.8 Å². The van der Waals surface area contributed by atoms with Gasteiger partial charge in [0.1, 0.15) is 0 Å². The van der Waals surface area contributed by atoms with Gasteiger partial charge in [0.2, 0.25) is 0 Å². The third kappa shape index (κ3) is 49.5. The first-order valence-corrected chi connectivity index (χ1v) is 10.1. The highest BCUT2D eigenvalue weighted by Crippen LogP contribution is 2.12. The molecule has 0 aliphatic rings. The van der Waals surface area contributed by atoms with Gasteiger partial charge in [-0.25, -0.2) is 0 Å². The number of unbranched alkanes of at least 4 members (excludes halogenated alkanes) is 13. The van der Waals surface area contributed by atoms with Crippen LogP contribution < -0.4 is 12.3 Å². The third-order valence-corrected chi connectivity index (χ3v) is 3.51. The molecule has 0 aromatic heterocycles. The predicted octanol–water partition coefficient (Wildman–Crippen LogP) is 5.13. The minimum Gasteiger partial charge on any atom is -0.396 e. The number of rotatable bonds is 14. The molecule has 0 bridgehead atoms. The summed E-state index contributed by atoms with van der Waals surface area (Å²) in [4.78, 5) is 0. The first kappa shape index (κ1) is 31.5. The fourth-order valence-electron chi connectivity index (χ4n) is 2.31. The van der Waals surface area contributed by atoms with Crippen molar-refractivity contribution in [3.8, 4) is 0 Å². The lowest BCUT2D eigenvalue weighted by Gasteiger charge is -2.02. The van der Waals surface area contributed by atoms with Gasteiger partial charge in [-0.05, 0) is 6.42 Å². The van der Waals surface area contributed by atoms with Gasteiger partial charge in [-0.2, -0.15) is 8.42 Å². The van der Waals surface area contributed by atoms with Crippen LogP contribution in [0.15, 0.2) is 0 Å². The molecule has 0 atom stereocenters. The smallest absolute Gasteiger partial charge is 0.394 e. The molecule has 152 valence electrons. The van der Waals surface area contributed by atoms with Crippen molar-refractivity contribution in [3.63, 3.8) is 0 Å². The van der Waals surface area contributed by atoms with Crippen molar-refractivity contribution in [1.82, 2.24) is 12.3 Å². The van der Waals surface area contributed by atoms with Crippen molar-refractivity contribution in [1.29, 1.82) is 0 Å². The first-order chi connectivity index (χ1) is 10.4. The minimum atomic E-state index is -4.67. The van der Waals surface area contributed by atoms with E-state index in [4.69, 9.17) is 22.6 Å². The molecule has 8 heteroatoms. The zero-order chi connectivity index (χ0) is 17.1. The SMILES string of the molecule is CCCCCCCCCCCCCCCCO.N.N.O=S(=O)(O)O. The molecule has 0 aromatic carbocycles. The number of hydrogen-bond acceptors (Lipinski definition) is 5. The Bertz CT molecular complexity index is 279. The van der Waals surface area contributed by atoms with Crippen LogP contribution in [0.2, 0.25) is 0 Å². The number of hydrogen-bond donors (Lipinski definition) is 5. The first-order valence-electron chi connectivity index (χ1n) is 8.72. The molecule has 0 radical (unpaired) electrons. The van der Waals surface area contributed by atoms with E-state index in [2.05, 4.69) is 6.92 Å². The van der Waals surface area contributed by atoms with Gasteiger partial charge in [0.25, 0.3) is 0 Å². The molecule has 0 saturated carbocycles. The zero-order valence-corrected chi connectivity index (χ0v) is 16.4. The lowest BCUT2D eigenvalue weighted by atomic mass is 10.0. The Morgan fingerprint density at radius 2 is 0.792 bits per heavy atom. The lowest BCUT2D eigenvalue weighted by molar-refractivity contribution is 0.282. The second-order valence-electron chi connectivity index (χ2n) is 5.77. The van der Waals surface area contributed by atoms with Crippen molar-refractivity contribution < 1.29 is 22.6 Å². The second-order valence-corrected chi connectivity index (χ2v) is 6.66. The highest BCUT2D eigenvalue weighted by atomic mass is 32.3. The molecule has 0 spiro atoms. The Morgan fingerprint density at radius 1 is 0.583 bits per heavy atom. The summed E-state index contributed by atoms with van der Waals surface area (Å²) in [6, 6.07) is 0. The van der Waals surface area contributed by atoms with E-state index in [0.29, 0.717) is 6.61 Å². The maximum absolute atomic E-state index is 8.74. The zero-order valence-electron chi connectivity index (χ0n) is 15.6. The molecule has 0 rings (SSSR count). The predicted molar refractivity (Wildman–Crippen MR) is 102 cm³/mol. The van der Waals surface area contributed by atoms with Gasteiger partial charge in [0.15, 0.2) is 0 Å². The highest BCUT2D eigenvalue weighted by molar-refractivity contribution is 7.79. The van der Waals surface area contributed by atoms with Crippen LogP contribution in [-0.2, 0) is 10.4 Å². The van der Waals surface area contributed by atoms with Crippen LogP contribution >= 0.6 is 0 Å². The van der Waals surface area contributed by atoms with Crippen LogP contribution in [0.3, 0.4) is 0 Å². The second kappa shape index (κ2) is 25.0. The van der Waals surface area contributed by atoms with Gasteiger partial charge >= 0.3 is 10.4 Å². The molecular weight excluding hydrogens is 332 g/mol. The van der Waals surface area contributed by atoms with E-state index in [1.165, 1.54) is 83.5 Å². The van der Waals surface area contributed by atoms with E-state index >= 15 is 0 Å². The summed E-state index contributed by atoms with van der Waals surface area (Å²) in [7, 11) is -4.67. The van der Waals surface area contributed by atoms with E-state index in [-0.39, 0.29) is 12.3 Å². The third-order valence-electron chi connectivity index (χ3n) is 3.51. The molecule has 0 fully saturated rings. The molecule has 7 nitrogen and oxygen atoms in total. The molecule has 0 heterocycles. The standard InChI is InChI=1S/C16H34O.2H3N.H2O4S/c1-2-3-4-5-6-7-8-9-10-11-12-13-14-15-16-17;;;1-5(2,3)4/h17H,2-16H2,1H3;2*1H3;(H2,1,2,3,4). The van der Waals surface area contributed by atoms with E-state index in [0.717, 1.165) is 6.42 Å². The summed E-state index contributed by atoms with van der Waals surface area (Å²) in [6.45, 7) is 2.65. The molecule has 0 unspecified atom stereocenters. The minimum absolute atomic E-state index is 0. The Balaban J connectivity index is -0.000000250. The van der Waals surface area contributed by atoms with Crippen LogP contribution in [0.4, 0.5) is 0 Å². The van der Waals surface area contributed by atoms with Gasteiger partial charge in [-0.3, -0.25) is 9.11 Å². The van der Waals surface area contributed by atoms with Gasteiger partial charge in [-0.1, -0.05) is 90.4 Å². The molecule has 24 heavy (non-hydrogen) atoms. The Morgan fingerprint density at radius 3 is 1.00 bits per heavy atom. The molecular formula is C16H42N2O5S. The monoisotopic (exact) mass is 374 g/mol. The molecule has 0 aliphatic heterocycles. The molecule has 9 N–H and O–H groups in total. The molecule has 0 amide bonds. The van der Waals surface area contributed by atoms with Crippen LogP contribution in [0, 0.1) is 0 Å². The number of aliphatic hydroxyl groups excluding tert-OH is 1. The number of aliphatic hydroxyl groups is 1. The maximum Gasteiger partial charge on any atom is 0.394 e. The quantitative estimate of drug-likeness (QED) is 0.207. The normalized spacial score (nSPS) is 10.2. The van der Waals surface area contributed by atoms with Gasteiger partial charge in [-0.15, -0.1) is 0 Å². The highest BCUT2D eigenvalue weighted by Gasteiger charge is 1.93. The van der Waals surface area contributed by atoms with Gasteiger partial charge in [0, 0.05) is 6.61 Å². The Labute approximate surface area is 149 Å². The maximum atomic E-state index is 8.74. The topological polar surface area (TPSA) is 165 Å². The summed E-state index contributed by atoms with van der Waals surface area (Å²) in [6.07, 6.45) is 19.2. The molecule has 0 aromatic rings. The average Bonchev–Trinajstić information content (AvgIpc) is 2.42. The van der Waals surface area contributed by atoms with Crippen LogP contribution in [0.1, 0.15) is 96.8 Å². The average molecular weight is 375 g/mol. The van der Waals surface area contributed by atoms with E-state index < -0.39 is 10.4 Å². The van der Waals surface area contributed by atoms with Crippen molar-refractivity contribution in [3.05, 3.63) is 0 Å². The van der Waals surface area contributed by atoms with Crippen LogP contribution in [-0.4, -0.2) is 29.2 Å². The summed E-state index contributed by atoms with van der Waals surface area (Å²) in [5, 5.41) is 8.64. The largest absolute Gasteiger partial charge is 0.396 e. The fraction of sp³-hybridized carbons (Fsp3) is 1.00. The van der Waals surface area contributed by atoms with Gasteiger partial charge in [0.05, 0.1) is 0 Å². The Hall–Kier alpha value is -0.250. The van der Waals surface area contributed by atoms with Crippen molar-refractivity contribution in [2.75, 3.05) is 6.61 Å². The summed E-state index contributed by atoms with van der Waals surface area (Å²) < 4.78 is 31.6. The summed E-state index contributed by atoms with van der Waals surface area (Å²) in [5.41, 5.74) is 0. The van der Waals surface area contributed by atoms with Crippen LogP contribution in [0.25, 0.3) is 0 Å². The lowest BCUT2D eigenvalue weighted by Crippen LogP contribution is -1.89. The van der Waals surface area contributed by atoms with Crippen LogP contribution in [0.5, 0.6) is 0 Å². The van der Waals surface area contributed by atoms with E-state index in [9.17, 15) is 0 Å². The van der Waals surface area contributed by atoms with Crippen molar-refractivity contribution >= 4 is 10.4 Å². The summed E-state index contributed by atoms with van der Waals surface area (Å²) >= 11 is 0. The van der Waals surface area contributed by atoms with Crippen molar-refractivity contribution in [2.24, 2.45) is 0 Å². The summed E-state index contributed by atoms with van der Waals surface area (Å²) in [5.74, 6) is 0. The van der Waals surface area contributed by atoms with Gasteiger partial charge < -0.3 is 17.4 Å². The Kier molecular flexibility index (Phi) is 32.8. The van der Waals surface area contributed by atoms with E-state index in [1.807, 2.05) is 0 Å². The molecule has 0 saturated heterocycles.